The number of hydrogen-bond donors (Lipinski definition) is 3. The molecule has 1 aromatic rings. The smallest absolute Gasteiger partial charge is 0.255 e. The van der Waals surface area contributed by atoms with E-state index in [1.807, 2.05) is 0 Å². The number of rotatable bonds is 8. The third kappa shape index (κ3) is 4.27. The summed E-state index contributed by atoms with van der Waals surface area (Å²) < 4.78 is 14.4. The Labute approximate surface area is 156 Å². The van der Waals surface area contributed by atoms with Crippen LogP contribution >= 0.6 is 0 Å². The van der Waals surface area contributed by atoms with Gasteiger partial charge in [-0.1, -0.05) is 12.8 Å². The molecule has 146 valence electrons. The first kappa shape index (κ1) is 19.3. The molecule has 0 spiro atoms. The fourth-order valence-corrected chi connectivity index (χ4v) is 3.54. The van der Waals surface area contributed by atoms with E-state index in [1.54, 1.807) is 6.07 Å². The summed E-state index contributed by atoms with van der Waals surface area (Å²) in [5.74, 6) is -1.69. The van der Waals surface area contributed by atoms with Crippen molar-refractivity contribution >= 4 is 23.4 Å². The van der Waals surface area contributed by atoms with E-state index in [1.165, 1.54) is 11.0 Å². The predicted molar refractivity (Wildman–Crippen MR) is 96.5 cm³/mol. The molecule has 1 unspecified atom stereocenters. The van der Waals surface area contributed by atoms with Crippen LogP contribution in [0, 0.1) is 5.82 Å². The number of carbonyl (C=O) groups is 3. The van der Waals surface area contributed by atoms with Crippen molar-refractivity contribution in [2.45, 2.75) is 51.1 Å². The van der Waals surface area contributed by atoms with Crippen LogP contribution < -0.4 is 10.6 Å². The van der Waals surface area contributed by atoms with E-state index in [0.717, 1.165) is 25.7 Å². The summed E-state index contributed by atoms with van der Waals surface area (Å²) >= 11 is 0. The highest BCUT2D eigenvalue weighted by molar-refractivity contribution is 6.05. The Kier molecular flexibility index (Phi) is 6.05. The number of imide groups is 1. The number of nitrogens with zero attached hydrogens (tertiary/aromatic N) is 1. The second kappa shape index (κ2) is 8.47. The minimum Gasteiger partial charge on any atom is -0.396 e. The number of piperidine rings is 1. The second-order valence-electron chi connectivity index (χ2n) is 6.95. The van der Waals surface area contributed by atoms with Crippen molar-refractivity contribution in [1.82, 2.24) is 10.2 Å². The molecule has 1 saturated heterocycles. The van der Waals surface area contributed by atoms with Gasteiger partial charge in [0.1, 0.15) is 11.9 Å². The molecule has 3 rings (SSSR count). The minimum atomic E-state index is -0.700. The van der Waals surface area contributed by atoms with Crippen LogP contribution in [0.2, 0.25) is 0 Å². The minimum absolute atomic E-state index is 0.185. The predicted octanol–water partition coefficient (Wildman–Crippen LogP) is 1.55. The van der Waals surface area contributed by atoms with Crippen LogP contribution in [0.3, 0.4) is 0 Å². The van der Waals surface area contributed by atoms with Gasteiger partial charge in [0.25, 0.3) is 5.91 Å². The lowest BCUT2D eigenvalue weighted by atomic mass is 10.0. The fraction of sp³-hybridized carbons (Fsp3) is 0.526. The number of benzene rings is 1. The molecule has 1 atom stereocenters. The Balaban J connectivity index is 1.64. The number of aliphatic hydroxyl groups excluding tert-OH is 1. The second-order valence-corrected chi connectivity index (χ2v) is 6.95. The molecule has 3 N–H and O–H groups in total. The van der Waals surface area contributed by atoms with E-state index < -0.39 is 17.8 Å². The Hall–Kier alpha value is -2.48. The summed E-state index contributed by atoms with van der Waals surface area (Å²) in [6.45, 7) is 1.02. The average molecular weight is 377 g/mol. The maximum Gasteiger partial charge on any atom is 0.255 e. The van der Waals surface area contributed by atoms with Crippen molar-refractivity contribution in [1.29, 1.82) is 0 Å². The number of fused-ring (bicyclic) bond motifs is 1. The third-order valence-corrected chi connectivity index (χ3v) is 5.01. The molecular weight excluding hydrogens is 353 g/mol. The maximum absolute atomic E-state index is 14.4. The van der Waals surface area contributed by atoms with E-state index in [-0.39, 0.29) is 43.4 Å². The highest BCUT2D eigenvalue weighted by Crippen LogP contribution is 2.31. The molecule has 27 heavy (non-hydrogen) atoms. The highest BCUT2D eigenvalue weighted by atomic mass is 19.1. The molecule has 7 nitrogen and oxygen atoms in total. The topological polar surface area (TPSA) is 98.7 Å². The van der Waals surface area contributed by atoms with Crippen molar-refractivity contribution in [3.05, 3.63) is 29.1 Å². The molecule has 8 heteroatoms. The lowest BCUT2D eigenvalue weighted by Gasteiger charge is -2.29. The van der Waals surface area contributed by atoms with E-state index in [9.17, 15) is 18.8 Å². The zero-order chi connectivity index (χ0) is 19.4. The van der Waals surface area contributed by atoms with E-state index in [4.69, 9.17) is 5.11 Å². The van der Waals surface area contributed by atoms with E-state index >= 15 is 0 Å². The molecule has 3 amide bonds. The monoisotopic (exact) mass is 377 g/mol. The van der Waals surface area contributed by atoms with Crippen molar-refractivity contribution in [2.24, 2.45) is 0 Å². The molecule has 0 bridgehead atoms. The first-order valence-corrected chi connectivity index (χ1v) is 9.33. The van der Waals surface area contributed by atoms with Crippen LogP contribution in [-0.2, 0) is 16.1 Å². The maximum atomic E-state index is 14.4. The lowest BCUT2D eigenvalue weighted by molar-refractivity contribution is -0.136. The standard InChI is InChI=1S/C19H24FN3O4/c20-14-10-13-12(9-15(14)21-7-3-1-2-4-8-24)11-23(19(13)27)16-5-6-17(25)22-18(16)26/h9-10,16,21,24H,1-8,11H2,(H,22,25,26). The zero-order valence-electron chi connectivity index (χ0n) is 15.1. The van der Waals surface area contributed by atoms with E-state index in [2.05, 4.69) is 10.6 Å². The number of amides is 3. The van der Waals surface area contributed by atoms with Gasteiger partial charge in [0, 0.05) is 31.7 Å². The molecule has 2 aliphatic heterocycles. The van der Waals surface area contributed by atoms with Gasteiger partial charge in [-0.15, -0.1) is 0 Å². The van der Waals surface area contributed by atoms with E-state index in [0.29, 0.717) is 17.8 Å². The summed E-state index contributed by atoms with van der Waals surface area (Å²) in [6, 6.07) is 2.15. The normalized spacial score (nSPS) is 19.3. The molecule has 2 heterocycles. The van der Waals surface area contributed by atoms with Gasteiger partial charge >= 0.3 is 0 Å². The largest absolute Gasteiger partial charge is 0.396 e. The van der Waals surface area contributed by atoms with Gasteiger partial charge in [-0.2, -0.15) is 0 Å². The molecule has 0 saturated carbocycles. The van der Waals surface area contributed by atoms with Gasteiger partial charge in [-0.25, -0.2) is 4.39 Å². The number of nitrogens with one attached hydrogen (secondary N) is 2. The number of halogens is 1. The van der Waals surface area contributed by atoms with Gasteiger partial charge in [0.2, 0.25) is 11.8 Å². The molecule has 0 aromatic heterocycles. The summed E-state index contributed by atoms with van der Waals surface area (Å²) in [5.41, 5.74) is 1.29. The summed E-state index contributed by atoms with van der Waals surface area (Å²) in [6.07, 6.45) is 3.98. The van der Waals surface area contributed by atoms with Crippen LogP contribution in [0.25, 0.3) is 0 Å². The van der Waals surface area contributed by atoms with Crippen LogP contribution in [0.1, 0.15) is 54.4 Å². The third-order valence-electron chi connectivity index (χ3n) is 5.01. The van der Waals surface area contributed by atoms with Gasteiger partial charge in [0.05, 0.1) is 5.69 Å². The SMILES string of the molecule is O=C1CCC(N2Cc3cc(NCCCCCCO)c(F)cc3C2=O)C(=O)N1. The zero-order valence-corrected chi connectivity index (χ0v) is 15.1. The number of aliphatic hydroxyl groups is 1. The van der Waals surface area contributed by atoms with Crippen LogP contribution in [0.4, 0.5) is 10.1 Å². The van der Waals surface area contributed by atoms with Crippen LogP contribution in [0.5, 0.6) is 0 Å². The Bertz CT molecular complexity index is 753. The Morgan fingerprint density at radius 1 is 1.19 bits per heavy atom. The van der Waals surface area contributed by atoms with Crippen LogP contribution in [0.15, 0.2) is 12.1 Å². The van der Waals surface area contributed by atoms with Crippen LogP contribution in [-0.4, -0.2) is 46.9 Å². The molecule has 0 radical (unpaired) electrons. The summed E-state index contributed by atoms with van der Waals surface area (Å²) in [4.78, 5) is 37.4. The molecular formula is C19H24FN3O4. The fourth-order valence-electron chi connectivity index (χ4n) is 3.54. The van der Waals surface area contributed by atoms with Crippen molar-refractivity contribution < 1.29 is 23.9 Å². The first-order chi connectivity index (χ1) is 13.0. The van der Waals surface area contributed by atoms with Crippen molar-refractivity contribution in [3.63, 3.8) is 0 Å². The Morgan fingerprint density at radius 3 is 2.70 bits per heavy atom. The Morgan fingerprint density at radius 2 is 1.96 bits per heavy atom. The average Bonchev–Trinajstić information content (AvgIpc) is 2.94. The molecule has 0 aliphatic carbocycles. The van der Waals surface area contributed by atoms with Gasteiger partial charge in [-0.05, 0) is 37.0 Å². The molecule has 1 fully saturated rings. The van der Waals surface area contributed by atoms with Gasteiger partial charge in [-0.3, -0.25) is 19.7 Å². The van der Waals surface area contributed by atoms with Crippen molar-refractivity contribution in [2.75, 3.05) is 18.5 Å². The lowest BCUT2D eigenvalue weighted by Crippen LogP contribution is -2.52. The number of anilines is 1. The molecule has 2 aliphatic rings. The summed E-state index contributed by atoms with van der Waals surface area (Å²) in [7, 11) is 0. The number of carbonyl (C=O) groups excluding carboxylic acids is 3. The quantitative estimate of drug-likeness (QED) is 0.472. The number of unbranched alkanes of at least 4 members (excludes halogenated alkanes) is 3. The highest BCUT2D eigenvalue weighted by Gasteiger charge is 2.39. The molecule has 1 aromatic carbocycles. The first-order valence-electron chi connectivity index (χ1n) is 9.33. The van der Waals surface area contributed by atoms with Gasteiger partial charge < -0.3 is 15.3 Å². The summed E-state index contributed by atoms with van der Waals surface area (Å²) in [5, 5.41) is 14.1. The number of hydrogen-bond acceptors (Lipinski definition) is 5. The van der Waals surface area contributed by atoms with Gasteiger partial charge in [0.15, 0.2) is 0 Å². The van der Waals surface area contributed by atoms with Crippen molar-refractivity contribution in [3.8, 4) is 0 Å².